The fourth-order valence-corrected chi connectivity index (χ4v) is 2.34. The third kappa shape index (κ3) is 9.61. The number of halogens is 2. The van der Waals surface area contributed by atoms with Gasteiger partial charge in [0.1, 0.15) is 29.2 Å². The first-order chi connectivity index (χ1) is 11.9. The van der Waals surface area contributed by atoms with Crippen LogP contribution in [0.1, 0.15) is 44.2 Å². The van der Waals surface area contributed by atoms with Crippen LogP contribution in [0.25, 0.3) is 0 Å². The number of rotatable bonds is 11. The fraction of sp³-hybridized carbons (Fsp3) is 0.526. The Morgan fingerprint density at radius 3 is 2.24 bits per heavy atom. The quantitative estimate of drug-likeness (QED) is 0.267. The summed E-state index contributed by atoms with van der Waals surface area (Å²) in [6.45, 7) is 9.53. The molecule has 0 aliphatic heterocycles. The minimum Gasteiger partial charge on any atom is -0.493 e. The van der Waals surface area contributed by atoms with Crippen molar-refractivity contribution in [2.75, 3.05) is 19.8 Å². The van der Waals surface area contributed by atoms with Crippen LogP contribution in [0, 0.1) is 13.8 Å². The first kappa shape index (κ1) is 21.7. The number of ether oxygens (including phenoxy) is 2. The van der Waals surface area contributed by atoms with Crippen LogP contribution in [-0.2, 0) is 4.84 Å². The molecule has 0 N–H and O–H groups in total. The van der Waals surface area contributed by atoms with Gasteiger partial charge in [-0.3, -0.25) is 0 Å². The van der Waals surface area contributed by atoms with Crippen LogP contribution in [0.15, 0.2) is 27.9 Å². The Bertz CT molecular complexity index is 569. The van der Waals surface area contributed by atoms with Crippen LogP contribution in [-0.4, -0.2) is 25.5 Å². The highest BCUT2D eigenvalue weighted by molar-refractivity contribution is 6.55. The summed E-state index contributed by atoms with van der Waals surface area (Å²) in [7, 11) is 0. The summed E-state index contributed by atoms with van der Waals surface area (Å²) in [5, 5.41) is 3.91. The van der Waals surface area contributed by atoms with Crippen LogP contribution in [0.3, 0.4) is 0 Å². The summed E-state index contributed by atoms with van der Waals surface area (Å²) in [6.07, 6.45) is 4.61. The number of aryl methyl sites for hydroxylation is 2. The predicted octanol–water partition coefficient (Wildman–Crippen LogP) is 5.96. The smallest absolute Gasteiger partial charge is 0.125 e. The van der Waals surface area contributed by atoms with Crippen molar-refractivity contribution < 1.29 is 14.3 Å². The van der Waals surface area contributed by atoms with E-state index < -0.39 is 0 Å². The highest BCUT2D eigenvalue weighted by Gasteiger charge is 2.07. The number of unbranched alkanes of at least 4 members (excludes halogenated alkanes) is 2. The van der Waals surface area contributed by atoms with Crippen molar-refractivity contribution in [2.24, 2.45) is 5.16 Å². The molecule has 1 aromatic carbocycles. The molecule has 0 amide bonds. The first-order valence-electron chi connectivity index (χ1n) is 8.41. The number of oxime groups is 1. The lowest BCUT2D eigenvalue weighted by Gasteiger charge is -2.14. The molecule has 0 unspecified atom stereocenters. The number of hydrogen-bond acceptors (Lipinski definition) is 4. The average Bonchev–Trinajstić information content (AvgIpc) is 2.51. The van der Waals surface area contributed by atoms with Gasteiger partial charge in [-0.2, -0.15) is 0 Å². The Hall–Kier alpha value is -1.39. The molecular weight excluding hydrogens is 361 g/mol. The molecule has 4 nitrogen and oxygen atoms in total. The molecule has 140 valence electrons. The monoisotopic (exact) mass is 387 g/mol. The van der Waals surface area contributed by atoms with Gasteiger partial charge in [0, 0.05) is 0 Å². The molecule has 25 heavy (non-hydrogen) atoms. The number of hydrogen-bond donors (Lipinski definition) is 0. The van der Waals surface area contributed by atoms with Gasteiger partial charge in [-0.15, -0.1) is 0 Å². The van der Waals surface area contributed by atoms with E-state index in [0.717, 1.165) is 47.6 Å². The number of nitrogens with zero attached hydrogens (tertiary/aromatic N) is 1. The van der Waals surface area contributed by atoms with E-state index in [9.17, 15) is 0 Å². The molecular formula is C19H27Cl2NO3. The maximum atomic E-state index is 5.93. The lowest BCUT2D eigenvalue weighted by atomic mass is 10.1. The van der Waals surface area contributed by atoms with E-state index in [4.69, 9.17) is 37.5 Å². The van der Waals surface area contributed by atoms with Gasteiger partial charge >= 0.3 is 0 Å². The highest BCUT2D eigenvalue weighted by atomic mass is 35.5. The summed E-state index contributed by atoms with van der Waals surface area (Å²) in [4.78, 5) is 5.17. The second kappa shape index (κ2) is 12.0. The SMILES string of the molecule is CC(C)=NOCCCCCOc1c(C)cc(OCC=C(Cl)Cl)cc1C. The van der Waals surface area contributed by atoms with E-state index in [1.165, 1.54) is 0 Å². The molecule has 0 heterocycles. The van der Waals surface area contributed by atoms with E-state index in [1.54, 1.807) is 6.08 Å². The molecule has 0 bridgehead atoms. The lowest BCUT2D eigenvalue weighted by molar-refractivity contribution is 0.138. The van der Waals surface area contributed by atoms with Gasteiger partial charge in [0.05, 0.1) is 12.3 Å². The molecule has 0 saturated heterocycles. The zero-order valence-electron chi connectivity index (χ0n) is 15.4. The van der Waals surface area contributed by atoms with Crippen molar-refractivity contribution in [3.05, 3.63) is 33.8 Å². The Morgan fingerprint density at radius 1 is 1.00 bits per heavy atom. The summed E-state index contributed by atoms with van der Waals surface area (Å²) in [5.41, 5.74) is 3.03. The van der Waals surface area contributed by atoms with Gasteiger partial charge < -0.3 is 14.3 Å². The third-order valence-corrected chi connectivity index (χ3v) is 3.60. The van der Waals surface area contributed by atoms with Crippen molar-refractivity contribution in [3.63, 3.8) is 0 Å². The van der Waals surface area contributed by atoms with E-state index in [1.807, 2.05) is 39.8 Å². The maximum Gasteiger partial charge on any atom is 0.125 e. The van der Waals surface area contributed by atoms with Crippen LogP contribution < -0.4 is 9.47 Å². The maximum absolute atomic E-state index is 5.93. The van der Waals surface area contributed by atoms with Gasteiger partial charge in [0.2, 0.25) is 0 Å². The second-order valence-electron chi connectivity index (χ2n) is 5.97. The van der Waals surface area contributed by atoms with Crippen molar-refractivity contribution >= 4 is 28.9 Å². The largest absolute Gasteiger partial charge is 0.493 e. The Morgan fingerprint density at radius 2 is 1.64 bits per heavy atom. The third-order valence-electron chi connectivity index (χ3n) is 3.29. The van der Waals surface area contributed by atoms with Gasteiger partial charge in [0.25, 0.3) is 0 Å². The summed E-state index contributed by atoms with van der Waals surface area (Å²) in [6, 6.07) is 3.91. The van der Waals surface area contributed by atoms with Crippen LogP contribution >= 0.6 is 23.2 Å². The normalized spacial score (nSPS) is 10.2. The molecule has 0 fully saturated rings. The van der Waals surface area contributed by atoms with Crippen LogP contribution in [0.5, 0.6) is 11.5 Å². The van der Waals surface area contributed by atoms with Crippen LogP contribution in [0.4, 0.5) is 0 Å². The molecule has 0 spiro atoms. The summed E-state index contributed by atoms with van der Waals surface area (Å²) >= 11 is 11.1. The van der Waals surface area contributed by atoms with Gasteiger partial charge in [-0.1, -0.05) is 28.4 Å². The Labute approximate surface area is 160 Å². The predicted molar refractivity (Wildman–Crippen MR) is 105 cm³/mol. The van der Waals surface area contributed by atoms with Crippen molar-refractivity contribution in [2.45, 2.75) is 47.0 Å². The summed E-state index contributed by atoms with van der Waals surface area (Å²) in [5.74, 6) is 1.69. The van der Waals surface area contributed by atoms with Crippen molar-refractivity contribution in [1.82, 2.24) is 0 Å². The second-order valence-corrected chi connectivity index (χ2v) is 6.98. The molecule has 0 aromatic heterocycles. The Balaban J connectivity index is 2.36. The first-order valence-corrected chi connectivity index (χ1v) is 9.17. The molecule has 6 heteroatoms. The standard InChI is InChI=1S/C19H27Cl2NO3/c1-14(2)22-25-10-7-5-6-9-24-19-15(3)12-17(13-16(19)4)23-11-8-18(20)21/h8,12-13H,5-7,9-11H2,1-4H3. The lowest BCUT2D eigenvalue weighted by Crippen LogP contribution is -2.02. The van der Waals surface area contributed by atoms with Gasteiger partial charge in [-0.05, 0) is 76.3 Å². The topological polar surface area (TPSA) is 40.0 Å². The minimum absolute atomic E-state index is 0.204. The van der Waals surface area contributed by atoms with Gasteiger partial charge in [-0.25, -0.2) is 0 Å². The van der Waals surface area contributed by atoms with Crippen molar-refractivity contribution in [3.8, 4) is 11.5 Å². The molecule has 0 radical (unpaired) electrons. The molecule has 0 atom stereocenters. The van der Waals surface area contributed by atoms with E-state index in [0.29, 0.717) is 19.8 Å². The number of benzene rings is 1. The highest BCUT2D eigenvalue weighted by Crippen LogP contribution is 2.28. The summed E-state index contributed by atoms with van der Waals surface area (Å²) < 4.78 is 11.7. The Kier molecular flexibility index (Phi) is 10.4. The molecule has 1 aromatic rings. The zero-order valence-corrected chi connectivity index (χ0v) is 16.9. The minimum atomic E-state index is 0.204. The van der Waals surface area contributed by atoms with E-state index >= 15 is 0 Å². The van der Waals surface area contributed by atoms with Gasteiger partial charge in [0.15, 0.2) is 0 Å². The molecule has 0 saturated carbocycles. The molecule has 0 aliphatic rings. The zero-order chi connectivity index (χ0) is 18.7. The van der Waals surface area contributed by atoms with Crippen molar-refractivity contribution in [1.29, 1.82) is 0 Å². The fourth-order valence-electron chi connectivity index (χ4n) is 2.22. The molecule has 1 rings (SSSR count). The van der Waals surface area contributed by atoms with E-state index in [-0.39, 0.29) is 4.49 Å². The molecule has 0 aliphatic carbocycles. The average molecular weight is 388 g/mol. The van der Waals surface area contributed by atoms with Crippen LogP contribution in [0.2, 0.25) is 0 Å². The van der Waals surface area contributed by atoms with E-state index in [2.05, 4.69) is 5.16 Å².